The third kappa shape index (κ3) is 2.35. The van der Waals surface area contributed by atoms with Gasteiger partial charge in [0.15, 0.2) is 5.82 Å². The first-order valence-electron chi connectivity index (χ1n) is 5.34. The third-order valence-electron chi connectivity index (χ3n) is 2.36. The van der Waals surface area contributed by atoms with Crippen LogP contribution in [-0.2, 0) is 6.54 Å². The summed E-state index contributed by atoms with van der Waals surface area (Å²) in [6.07, 6.45) is 4.87. The SMILES string of the molecule is c1ncn(-c2ccc(NCc3cscn3)cn2)n1. The maximum atomic E-state index is 4.30. The van der Waals surface area contributed by atoms with Crippen LogP contribution in [-0.4, -0.2) is 24.7 Å². The molecule has 0 atom stereocenters. The van der Waals surface area contributed by atoms with Crippen LogP contribution in [0.3, 0.4) is 0 Å². The van der Waals surface area contributed by atoms with Crippen LogP contribution in [0.25, 0.3) is 5.82 Å². The number of hydrogen-bond donors (Lipinski definition) is 1. The van der Waals surface area contributed by atoms with Gasteiger partial charge in [-0.05, 0) is 12.1 Å². The Bertz CT molecular complexity index is 587. The summed E-state index contributed by atoms with van der Waals surface area (Å²) >= 11 is 1.59. The van der Waals surface area contributed by atoms with Gasteiger partial charge >= 0.3 is 0 Å². The Labute approximate surface area is 107 Å². The van der Waals surface area contributed by atoms with Gasteiger partial charge in [0, 0.05) is 5.38 Å². The monoisotopic (exact) mass is 258 g/mol. The summed E-state index contributed by atoms with van der Waals surface area (Å²) in [4.78, 5) is 12.4. The van der Waals surface area contributed by atoms with Gasteiger partial charge in [-0.15, -0.1) is 11.3 Å². The normalized spacial score (nSPS) is 10.4. The van der Waals surface area contributed by atoms with E-state index in [1.54, 1.807) is 28.5 Å². The number of aromatic nitrogens is 5. The molecule has 0 saturated heterocycles. The molecule has 3 heterocycles. The minimum Gasteiger partial charge on any atom is -0.378 e. The molecule has 90 valence electrons. The van der Waals surface area contributed by atoms with E-state index in [1.807, 2.05) is 23.0 Å². The number of nitrogens with zero attached hydrogens (tertiary/aromatic N) is 5. The zero-order valence-corrected chi connectivity index (χ0v) is 10.2. The molecule has 0 fully saturated rings. The molecule has 0 radical (unpaired) electrons. The van der Waals surface area contributed by atoms with Gasteiger partial charge in [-0.2, -0.15) is 5.10 Å². The van der Waals surface area contributed by atoms with Crippen molar-refractivity contribution in [3.05, 3.63) is 47.6 Å². The molecule has 0 aliphatic carbocycles. The van der Waals surface area contributed by atoms with Crippen LogP contribution in [0.4, 0.5) is 5.69 Å². The summed E-state index contributed by atoms with van der Waals surface area (Å²) in [7, 11) is 0. The number of pyridine rings is 1. The first-order valence-corrected chi connectivity index (χ1v) is 6.28. The van der Waals surface area contributed by atoms with Crippen LogP contribution in [0.15, 0.2) is 41.9 Å². The lowest BCUT2D eigenvalue weighted by Crippen LogP contribution is -2.02. The van der Waals surface area contributed by atoms with Crippen molar-refractivity contribution in [2.75, 3.05) is 5.32 Å². The van der Waals surface area contributed by atoms with E-state index in [0.29, 0.717) is 6.54 Å². The quantitative estimate of drug-likeness (QED) is 0.772. The molecule has 3 aromatic heterocycles. The lowest BCUT2D eigenvalue weighted by atomic mass is 10.4. The average Bonchev–Trinajstić information content (AvgIpc) is 3.10. The molecule has 0 aliphatic heterocycles. The number of thiazole rings is 1. The van der Waals surface area contributed by atoms with Crippen molar-refractivity contribution >= 4 is 17.0 Å². The molecule has 0 amide bonds. The summed E-state index contributed by atoms with van der Waals surface area (Å²) in [6, 6.07) is 3.84. The van der Waals surface area contributed by atoms with Crippen molar-refractivity contribution in [2.24, 2.45) is 0 Å². The van der Waals surface area contributed by atoms with Crippen LogP contribution in [0.5, 0.6) is 0 Å². The van der Waals surface area contributed by atoms with E-state index in [4.69, 9.17) is 0 Å². The topological polar surface area (TPSA) is 68.5 Å². The smallest absolute Gasteiger partial charge is 0.155 e. The van der Waals surface area contributed by atoms with Crippen molar-refractivity contribution in [1.29, 1.82) is 0 Å². The molecule has 0 saturated carbocycles. The second-order valence-electron chi connectivity index (χ2n) is 3.58. The van der Waals surface area contributed by atoms with E-state index in [9.17, 15) is 0 Å². The third-order valence-corrected chi connectivity index (χ3v) is 2.99. The summed E-state index contributed by atoms with van der Waals surface area (Å²) in [5.74, 6) is 0.742. The Kier molecular flexibility index (Phi) is 2.97. The molecule has 18 heavy (non-hydrogen) atoms. The average molecular weight is 258 g/mol. The first kappa shape index (κ1) is 10.8. The predicted octanol–water partition coefficient (Wildman–Crippen LogP) is 1.73. The fourth-order valence-corrected chi connectivity index (χ4v) is 2.03. The molecule has 0 aromatic carbocycles. The van der Waals surface area contributed by atoms with Crippen molar-refractivity contribution in [3.63, 3.8) is 0 Å². The van der Waals surface area contributed by atoms with Crippen molar-refractivity contribution in [3.8, 4) is 5.82 Å². The highest BCUT2D eigenvalue weighted by Gasteiger charge is 1.99. The van der Waals surface area contributed by atoms with Gasteiger partial charge in [0.25, 0.3) is 0 Å². The molecule has 0 spiro atoms. The van der Waals surface area contributed by atoms with Crippen molar-refractivity contribution in [2.45, 2.75) is 6.54 Å². The largest absolute Gasteiger partial charge is 0.378 e. The standard InChI is InChI=1S/C11H10N6S/c1-2-11(17-7-12-6-16-17)14-3-9(1)13-4-10-5-18-8-15-10/h1-3,5-8,13H,4H2. The molecular weight excluding hydrogens is 248 g/mol. The maximum absolute atomic E-state index is 4.30. The predicted molar refractivity (Wildman–Crippen MR) is 68.6 cm³/mol. The first-order chi connectivity index (χ1) is 8.92. The highest BCUT2D eigenvalue weighted by Crippen LogP contribution is 2.10. The fourth-order valence-electron chi connectivity index (χ4n) is 1.47. The van der Waals surface area contributed by atoms with E-state index < -0.39 is 0 Å². The lowest BCUT2D eigenvalue weighted by molar-refractivity contribution is 0.845. The van der Waals surface area contributed by atoms with Gasteiger partial charge in [-0.1, -0.05) is 0 Å². The van der Waals surface area contributed by atoms with E-state index in [1.165, 1.54) is 6.33 Å². The Morgan fingerprint density at radius 1 is 1.28 bits per heavy atom. The highest BCUT2D eigenvalue weighted by atomic mass is 32.1. The zero-order valence-electron chi connectivity index (χ0n) is 9.39. The van der Waals surface area contributed by atoms with Gasteiger partial charge in [0.1, 0.15) is 12.7 Å². The molecule has 6 nitrogen and oxygen atoms in total. The minimum atomic E-state index is 0.702. The van der Waals surface area contributed by atoms with Crippen LogP contribution >= 0.6 is 11.3 Å². The molecule has 7 heteroatoms. The molecular formula is C11H10N6S. The minimum absolute atomic E-state index is 0.702. The van der Waals surface area contributed by atoms with E-state index in [2.05, 4.69) is 25.4 Å². The fraction of sp³-hybridized carbons (Fsp3) is 0.0909. The summed E-state index contributed by atoms with van der Waals surface area (Å²) in [6.45, 7) is 0.702. The van der Waals surface area contributed by atoms with Gasteiger partial charge in [-0.3, -0.25) is 0 Å². The number of anilines is 1. The van der Waals surface area contributed by atoms with Crippen LogP contribution in [0.1, 0.15) is 5.69 Å². The maximum Gasteiger partial charge on any atom is 0.155 e. The summed E-state index contributed by atoms with van der Waals surface area (Å²) < 4.78 is 1.62. The van der Waals surface area contributed by atoms with Crippen LogP contribution in [0, 0.1) is 0 Å². The Morgan fingerprint density at radius 3 is 2.94 bits per heavy atom. The second kappa shape index (κ2) is 4.92. The van der Waals surface area contributed by atoms with E-state index in [0.717, 1.165) is 17.2 Å². The second-order valence-corrected chi connectivity index (χ2v) is 4.30. The van der Waals surface area contributed by atoms with Crippen LogP contribution < -0.4 is 5.32 Å². The number of hydrogen-bond acceptors (Lipinski definition) is 6. The molecule has 3 aromatic rings. The molecule has 0 unspecified atom stereocenters. The van der Waals surface area contributed by atoms with Gasteiger partial charge in [0.2, 0.25) is 0 Å². The molecule has 0 aliphatic rings. The zero-order chi connectivity index (χ0) is 12.2. The Balaban J connectivity index is 1.68. The Morgan fingerprint density at radius 2 is 2.28 bits per heavy atom. The van der Waals surface area contributed by atoms with Crippen molar-refractivity contribution in [1.82, 2.24) is 24.7 Å². The summed E-state index contributed by atoms with van der Waals surface area (Å²) in [5, 5.41) is 9.29. The number of rotatable bonds is 4. The lowest BCUT2D eigenvalue weighted by Gasteiger charge is -2.05. The number of nitrogens with one attached hydrogen (secondary N) is 1. The highest BCUT2D eigenvalue weighted by molar-refractivity contribution is 7.07. The van der Waals surface area contributed by atoms with Gasteiger partial charge in [-0.25, -0.2) is 19.6 Å². The van der Waals surface area contributed by atoms with E-state index in [-0.39, 0.29) is 0 Å². The van der Waals surface area contributed by atoms with Crippen molar-refractivity contribution < 1.29 is 0 Å². The van der Waals surface area contributed by atoms with E-state index >= 15 is 0 Å². The van der Waals surface area contributed by atoms with Gasteiger partial charge < -0.3 is 5.32 Å². The van der Waals surface area contributed by atoms with Crippen LogP contribution in [0.2, 0.25) is 0 Å². The molecule has 0 bridgehead atoms. The summed E-state index contributed by atoms with van der Waals surface area (Å²) in [5.41, 5.74) is 3.80. The molecule has 1 N–H and O–H groups in total. The Hall–Kier alpha value is -2.28. The van der Waals surface area contributed by atoms with Gasteiger partial charge in [0.05, 0.1) is 29.6 Å². The molecule has 3 rings (SSSR count).